The number of carbonyl (C=O) groups excluding carboxylic acids is 2. The topological polar surface area (TPSA) is 449 Å². The normalized spacial score (nSPS) is 46.7. The van der Waals surface area contributed by atoms with E-state index >= 15 is 0 Å². The summed E-state index contributed by atoms with van der Waals surface area (Å²) in [6, 6.07) is -0.108. The second kappa shape index (κ2) is 45.4. The predicted molar refractivity (Wildman–Crippen MR) is 431 cm³/mol. The Morgan fingerprint density at radius 2 is 0.710 bits per heavy atom. The number of hydrogen-bond donors (Lipinski definition) is 9. The van der Waals surface area contributed by atoms with E-state index in [9.17, 15) is 45.3 Å². The summed E-state index contributed by atoms with van der Waals surface area (Å²) in [5, 5.41) is 94.6. The molecule has 716 valence electrons. The van der Waals surface area contributed by atoms with Gasteiger partial charge in [-0.25, -0.2) is 0 Å². The average molecular weight is 1780 g/mol. The van der Waals surface area contributed by atoms with Gasteiger partial charge < -0.3 is 174 Å². The van der Waals surface area contributed by atoms with E-state index in [0.29, 0.717) is 23.2 Å². The predicted octanol–water partition coefficient (Wildman–Crippen LogP) is 0.703. The molecular weight excluding hydrogens is 1640 g/mol. The molecule has 0 radical (unpaired) electrons. The number of amides is 2. The third kappa shape index (κ3) is 21.4. The highest BCUT2D eigenvalue weighted by molar-refractivity contribution is 5.83. The van der Waals surface area contributed by atoms with Gasteiger partial charge in [0, 0.05) is 118 Å². The van der Waals surface area contributed by atoms with Gasteiger partial charge in [0.05, 0.1) is 39.6 Å². The number of hydrogen-bond acceptors (Lipinski definition) is 36. The van der Waals surface area contributed by atoms with Crippen LogP contribution < -0.4 is 10.6 Å². The third-order valence-corrected chi connectivity index (χ3v) is 29.0. The van der Waals surface area contributed by atoms with Crippen LogP contribution in [-0.2, 0) is 137 Å². The first-order valence-electron chi connectivity index (χ1n) is 44.4. The number of allylic oxidation sites excluding steroid dienone is 1. The Kier molecular flexibility index (Phi) is 36.7. The highest BCUT2D eigenvalue weighted by Crippen LogP contribution is 2.67. The van der Waals surface area contributed by atoms with Crippen molar-refractivity contribution in [3.05, 3.63) is 11.6 Å². The molecule has 21 aliphatic heterocycles. The lowest BCUT2D eigenvalue weighted by atomic mass is 9.47. The van der Waals surface area contributed by atoms with Crippen LogP contribution in [0.25, 0.3) is 0 Å². The molecular formula is C86H146N2O36. The zero-order valence-electron chi connectivity index (χ0n) is 75.4. The molecule has 14 bridgehead atoms. The Morgan fingerprint density at radius 3 is 1.02 bits per heavy atom. The molecule has 24 fully saturated rings. The van der Waals surface area contributed by atoms with Crippen LogP contribution in [0.1, 0.15) is 118 Å². The maximum absolute atomic E-state index is 14.4. The van der Waals surface area contributed by atoms with E-state index in [1.54, 1.807) is 0 Å². The zero-order chi connectivity index (χ0) is 89.3. The Morgan fingerprint density at radius 1 is 0.395 bits per heavy atom. The molecule has 38 heteroatoms. The highest BCUT2D eigenvalue weighted by Gasteiger charge is 2.64. The molecule has 124 heavy (non-hydrogen) atoms. The molecule has 38 nitrogen and oxygen atoms in total. The van der Waals surface area contributed by atoms with Crippen molar-refractivity contribution in [2.24, 2.45) is 46.3 Å². The number of ether oxygens (including phenoxy) is 27. The maximum Gasteiger partial charge on any atom is 0.220 e. The molecule has 4 aliphatic carbocycles. The molecule has 2 amide bonds. The molecule has 3 saturated carbocycles. The summed E-state index contributed by atoms with van der Waals surface area (Å²) >= 11 is 0. The lowest BCUT2D eigenvalue weighted by molar-refractivity contribution is -0.400. The van der Waals surface area contributed by atoms with Gasteiger partial charge in [-0.1, -0.05) is 65.5 Å². The van der Waals surface area contributed by atoms with Crippen molar-refractivity contribution in [1.29, 1.82) is 0 Å². The van der Waals surface area contributed by atoms with Gasteiger partial charge >= 0.3 is 0 Å². The van der Waals surface area contributed by atoms with Crippen molar-refractivity contribution in [3.63, 3.8) is 0 Å². The fourth-order valence-corrected chi connectivity index (χ4v) is 22.6. The highest BCUT2D eigenvalue weighted by atomic mass is 16.8. The van der Waals surface area contributed by atoms with Gasteiger partial charge in [-0.15, -0.1) is 0 Å². The summed E-state index contributed by atoms with van der Waals surface area (Å²) in [5.74, 6) is 3.34. The van der Waals surface area contributed by atoms with E-state index in [0.717, 1.165) is 43.4 Å². The Hall–Kier alpha value is -2.68. The van der Waals surface area contributed by atoms with Crippen LogP contribution in [0.2, 0.25) is 0 Å². The second-order valence-electron chi connectivity index (χ2n) is 36.7. The van der Waals surface area contributed by atoms with Gasteiger partial charge in [0.15, 0.2) is 44.0 Å². The largest absolute Gasteiger partial charge is 0.387 e. The van der Waals surface area contributed by atoms with E-state index in [2.05, 4.69) is 51.3 Å². The van der Waals surface area contributed by atoms with Crippen molar-refractivity contribution in [2.45, 2.75) is 339 Å². The molecule has 25 aliphatic rings. The van der Waals surface area contributed by atoms with Gasteiger partial charge in [0.2, 0.25) is 11.8 Å². The Labute approximate surface area is 728 Å². The van der Waals surface area contributed by atoms with Crippen LogP contribution in [0.5, 0.6) is 0 Å². The van der Waals surface area contributed by atoms with Gasteiger partial charge in [0.25, 0.3) is 0 Å². The van der Waals surface area contributed by atoms with Crippen LogP contribution in [-0.4, -0.2) is 407 Å². The second-order valence-corrected chi connectivity index (χ2v) is 36.7. The molecule has 9 N–H and O–H groups in total. The van der Waals surface area contributed by atoms with Crippen LogP contribution in [0.3, 0.4) is 0 Å². The maximum atomic E-state index is 14.4. The molecule has 21 heterocycles. The lowest BCUT2D eigenvalue weighted by Gasteiger charge is -2.58. The minimum atomic E-state index is -1.79. The van der Waals surface area contributed by atoms with Gasteiger partial charge in [0.1, 0.15) is 171 Å². The number of rotatable bonds is 30. The Bertz CT molecular complexity index is 3270. The monoisotopic (exact) mass is 1780 g/mol. The van der Waals surface area contributed by atoms with Gasteiger partial charge in [-0.3, -0.25) is 9.59 Å². The number of aliphatic hydroxyl groups excluding tert-OH is 7. The number of carbonyl (C=O) groups is 2. The zero-order valence-corrected chi connectivity index (χ0v) is 75.4. The van der Waals surface area contributed by atoms with E-state index in [-0.39, 0.29) is 69.8 Å². The lowest BCUT2D eigenvalue weighted by Crippen LogP contribution is -2.69. The standard InChI is InChI=1S/C86H146N2O36/c1-40(2)20-19-21-41(3)45-24-25-46-44-23-22-42-32-43(28-30-85(42,4)47(44)29-31-86(45,46)5)88-56(90)27-26-55(89)87-33-48-64-57(91)71(104-12)78(111-48)119-65-49(34-98-6)113-80(73(106-14)58(65)92)121-67-51(36-100-8)115-82(75(108-16)60(67)94)123-69-53(38-102-10)117-84(77(110-18)62(69)96)124-70-54(39-103-11)116-83(76(109-17)63(70)97)122-68-52(37-101-9)114-81(74(107-15)61(68)95)120-66-50(35-99-7)112-79(118-64)72(105-13)59(66)93/h22,40-41,43-54,57-84,91-97H,19-21,23-39H2,1-18H3,(H,87,89)(H,88,90)/t41-,43-,44+,45-,46+,47+,48-,49-,50-,51-,52-,53-,54-,57+,58+,59+,60+,61+,62+,63+,64-,65-,66-,67-,68-,69-,70-,71-,72-,73-,74-,75-,76-,77-,78-,79-,80-,81-,82-,83-,84-,85+,86-/m1/s1. The van der Waals surface area contributed by atoms with Gasteiger partial charge in [-0.05, 0) is 97.7 Å². The molecule has 43 atom stereocenters. The van der Waals surface area contributed by atoms with Crippen molar-refractivity contribution in [1.82, 2.24) is 10.6 Å². The van der Waals surface area contributed by atoms with E-state index < -0.39 is 227 Å². The van der Waals surface area contributed by atoms with E-state index in [1.165, 1.54) is 143 Å². The van der Waals surface area contributed by atoms with Crippen LogP contribution >= 0.6 is 0 Å². The summed E-state index contributed by atoms with van der Waals surface area (Å²) < 4.78 is 169. The summed E-state index contributed by atoms with van der Waals surface area (Å²) in [7, 11) is 17.3. The van der Waals surface area contributed by atoms with Crippen molar-refractivity contribution in [2.75, 3.05) is 139 Å². The number of methoxy groups -OCH3 is 13. The van der Waals surface area contributed by atoms with Crippen LogP contribution in [0.15, 0.2) is 11.6 Å². The average Bonchev–Trinajstić information content (AvgIpc) is 1.45. The SMILES string of the molecule is COC[C@H]1O[C@@H]2O[C@H]3[C@H](O)[C@@H](OC)[C@@H](O[C@H]4[C@H](O)[C@@H](OC)[C@@H](O[C@H]5[C@H](O)[C@@H](OC)[C@@H](O[C@H]6[C@H](O)[C@@H](OC)[C@@H](O[C@H]7[C@H](O)[C@@H](OC)[C@@H](O[C@H]8[C@H](O)[C@@H](OC)[C@@H](O[C@H]1[C@H](O)[C@H]2OC)O[C@@H]8CNC(=O)CCC(=O)N[C@@H]1CC[C@@]2(C)C(=CC[C@H]8[C@@H]9CC[C@H]([C@H](C)CCCC(C)C)[C@@]9(C)CC[C@@H]82)C1)O[C@@H]7COC)O[C@@H]6COC)O[C@@H]5COC)O[C@@H]4COC)O[C@@H]3COC. The molecule has 0 spiro atoms. The quantitative estimate of drug-likeness (QED) is 0.0447. The number of aliphatic hydroxyl groups is 7. The fourth-order valence-electron chi connectivity index (χ4n) is 22.6. The Balaban J connectivity index is 0.816. The summed E-state index contributed by atoms with van der Waals surface area (Å²) in [5.41, 5.74) is 1.85. The first-order valence-corrected chi connectivity index (χ1v) is 44.4. The number of nitrogens with one attached hydrogen (secondary N) is 2. The summed E-state index contributed by atoms with van der Waals surface area (Å²) in [4.78, 5) is 28.5. The third-order valence-electron chi connectivity index (χ3n) is 29.0. The first kappa shape index (κ1) is 100. The summed E-state index contributed by atoms with van der Waals surface area (Å²) in [6.07, 6.45) is -37.4. The number of fused-ring (bicyclic) bond motifs is 5. The van der Waals surface area contributed by atoms with Crippen LogP contribution in [0, 0.1) is 46.3 Å². The van der Waals surface area contributed by atoms with E-state index in [1.807, 2.05) is 0 Å². The van der Waals surface area contributed by atoms with Gasteiger partial charge in [-0.2, -0.15) is 0 Å². The summed E-state index contributed by atoms with van der Waals surface area (Å²) in [6.45, 7) is 10.2. The van der Waals surface area contributed by atoms with Crippen molar-refractivity contribution >= 4 is 11.8 Å². The minimum absolute atomic E-state index is 0.0565. The smallest absolute Gasteiger partial charge is 0.220 e. The van der Waals surface area contributed by atoms with E-state index in [4.69, 9.17) is 128 Å². The van der Waals surface area contributed by atoms with Crippen molar-refractivity contribution in [3.8, 4) is 0 Å². The fraction of sp³-hybridized carbons (Fsp3) is 0.953. The minimum Gasteiger partial charge on any atom is -0.387 e. The molecule has 0 aromatic rings. The van der Waals surface area contributed by atoms with Crippen molar-refractivity contribution < 1.29 is 173 Å². The molecule has 0 unspecified atom stereocenters. The molecule has 0 aromatic heterocycles. The molecule has 0 aromatic carbocycles. The first-order chi connectivity index (χ1) is 59.6. The van der Waals surface area contributed by atoms with Crippen LogP contribution in [0.4, 0.5) is 0 Å². The molecule has 25 rings (SSSR count). The molecule has 21 saturated heterocycles.